The largest absolute Gasteiger partial charge is 0.338 e. The molecular formula is C14H18ClFN2O. The van der Waals surface area contributed by atoms with Gasteiger partial charge >= 0.3 is 0 Å². The van der Waals surface area contributed by atoms with Crippen LogP contribution in [0.1, 0.15) is 30.1 Å². The molecule has 2 unspecified atom stereocenters. The highest BCUT2D eigenvalue weighted by atomic mass is 35.5. The molecule has 0 aliphatic carbocycles. The van der Waals surface area contributed by atoms with E-state index in [4.69, 9.17) is 17.3 Å². The third kappa shape index (κ3) is 3.25. The number of benzene rings is 1. The fourth-order valence-electron chi connectivity index (χ4n) is 2.46. The predicted molar refractivity (Wildman–Crippen MR) is 73.7 cm³/mol. The van der Waals surface area contributed by atoms with Gasteiger partial charge in [0, 0.05) is 24.2 Å². The number of hydrogen-bond acceptors (Lipinski definition) is 2. The van der Waals surface area contributed by atoms with E-state index in [9.17, 15) is 9.18 Å². The predicted octanol–water partition coefficient (Wildman–Crippen LogP) is 2.68. The number of amides is 1. The van der Waals surface area contributed by atoms with Crippen LogP contribution in [-0.4, -0.2) is 29.9 Å². The monoisotopic (exact) mass is 284 g/mol. The van der Waals surface area contributed by atoms with Crippen molar-refractivity contribution in [3.05, 3.63) is 34.6 Å². The quantitative estimate of drug-likeness (QED) is 0.907. The summed E-state index contributed by atoms with van der Waals surface area (Å²) in [5.41, 5.74) is 5.97. The Balaban J connectivity index is 2.15. The van der Waals surface area contributed by atoms with Crippen LogP contribution < -0.4 is 5.73 Å². The number of nitrogens with zero attached hydrogens (tertiary/aromatic N) is 1. The van der Waals surface area contributed by atoms with Crippen molar-refractivity contribution < 1.29 is 9.18 Å². The smallest absolute Gasteiger partial charge is 0.256 e. The first-order valence-corrected chi connectivity index (χ1v) is 6.86. The lowest BCUT2D eigenvalue weighted by atomic mass is 9.92. The van der Waals surface area contributed by atoms with E-state index >= 15 is 0 Å². The molecule has 0 aromatic heterocycles. The number of rotatable bonds is 2. The molecule has 5 heteroatoms. The van der Waals surface area contributed by atoms with Gasteiger partial charge in [-0.25, -0.2) is 4.39 Å². The molecule has 0 spiro atoms. The first-order valence-electron chi connectivity index (χ1n) is 6.49. The van der Waals surface area contributed by atoms with Crippen LogP contribution in [0.2, 0.25) is 5.02 Å². The van der Waals surface area contributed by atoms with Crippen LogP contribution in [0.5, 0.6) is 0 Å². The maximum absolute atomic E-state index is 13.8. The average molecular weight is 285 g/mol. The van der Waals surface area contributed by atoms with Crippen LogP contribution in [0, 0.1) is 11.7 Å². The highest BCUT2D eigenvalue weighted by Crippen LogP contribution is 2.22. The van der Waals surface area contributed by atoms with E-state index in [1.54, 1.807) is 4.90 Å². The number of halogens is 2. The minimum absolute atomic E-state index is 0.0469. The summed E-state index contributed by atoms with van der Waals surface area (Å²) in [6, 6.07) is 4.19. The molecule has 19 heavy (non-hydrogen) atoms. The van der Waals surface area contributed by atoms with Gasteiger partial charge in [0.15, 0.2) is 0 Å². The zero-order valence-electron chi connectivity index (χ0n) is 10.9. The molecule has 1 saturated heterocycles. The van der Waals surface area contributed by atoms with E-state index in [-0.39, 0.29) is 23.4 Å². The zero-order chi connectivity index (χ0) is 14.0. The van der Waals surface area contributed by atoms with Crippen LogP contribution in [-0.2, 0) is 0 Å². The van der Waals surface area contributed by atoms with Gasteiger partial charge in [0.2, 0.25) is 0 Å². The number of likely N-dealkylation sites (tertiary alicyclic amines) is 1. The van der Waals surface area contributed by atoms with Crippen LogP contribution in [0.4, 0.5) is 4.39 Å². The Hall–Kier alpha value is -1.13. The summed E-state index contributed by atoms with van der Waals surface area (Å²) < 4.78 is 13.8. The van der Waals surface area contributed by atoms with Crippen molar-refractivity contribution in [1.82, 2.24) is 4.90 Å². The average Bonchev–Trinajstić information content (AvgIpc) is 2.38. The molecule has 2 N–H and O–H groups in total. The summed E-state index contributed by atoms with van der Waals surface area (Å²) in [5, 5.41) is 0.293. The van der Waals surface area contributed by atoms with Gasteiger partial charge < -0.3 is 10.6 Å². The van der Waals surface area contributed by atoms with Gasteiger partial charge in [-0.15, -0.1) is 0 Å². The third-order valence-electron chi connectivity index (χ3n) is 3.65. The van der Waals surface area contributed by atoms with E-state index in [2.05, 4.69) is 0 Å². The Kier molecular flexibility index (Phi) is 4.42. The lowest BCUT2D eigenvalue weighted by molar-refractivity contribution is 0.0656. The van der Waals surface area contributed by atoms with Crippen molar-refractivity contribution in [2.24, 2.45) is 11.7 Å². The van der Waals surface area contributed by atoms with Crippen LogP contribution in [0.25, 0.3) is 0 Å². The Morgan fingerprint density at radius 1 is 1.58 bits per heavy atom. The molecule has 1 heterocycles. The molecule has 104 valence electrons. The van der Waals surface area contributed by atoms with Crippen LogP contribution in [0.3, 0.4) is 0 Å². The molecule has 0 saturated carbocycles. The van der Waals surface area contributed by atoms with Gasteiger partial charge in [-0.1, -0.05) is 11.6 Å². The summed E-state index contributed by atoms with van der Waals surface area (Å²) >= 11 is 5.69. The molecule has 1 aromatic rings. The van der Waals surface area contributed by atoms with Crippen molar-refractivity contribution >= 4 is 17.5 Å². The van der Waals surface area contributed by atoms with Crippen molar-refractivity contribution in [1.29, 1.82) is 0 Å². The number of carbonyl (C=O) groups excluding carboxylic acids is 1. The van der Waals surface area contributed by atoms with E-state index in [1.807, 2.05) is 6.92 Å². The number of carbonyl (C=O) groups is 1. The number of nitrogens with two attached hydrogens (primary N) is 1. The first kappa shape index (κ1) is 14.3. The summed E-state index contributed by atoms with van der Waals surface area (Å²) in [7, 11) is 0. The van der Waals surface area contributed by atoms with E-state index in [0.717, 1.165) is 12.8 Å². The van der Waals surface area contributed by atoms with E-state index in [1.165, 1.54) is 18.2 Å². The fourth-order valence-corrected chi connectivity index (χ4v) is 2.62. The summed E-state index contributed by atoms with van der Waals surface area (Å²) in [5.74, 6) is -0.562. The maximum Gasteiger partial charge on any atom is 0.256 e. The van der Waals surface area contributed by atoms with Gasteiger partial charge in [0.25, 0.3) is 5.91 Å². The fraction of sp³-hybridized carbons (Fsp3) is 0.500. The minimum atomic E-state index is -0.569. The van der Waals surface area contributed by atoms with Crippen molar-refractivity contribution in [3.8, 4) is 0 Å². The maximum atomic E-state index is 13.8. The van der Waals surface area contributed by atoms with E-state index < -0.39 is 5.82 Å². The molecule has 3 nitrogen and oxygen atoms in total. The summed E-state index contributed by atoms with van der Waals surface area (Å²) in [6.45, 7) is 3.20. The highest BCUT2D eigenvalue weighted by molar-refractivity contribution is 6.30. The second kappa shape index (κ2) is 5.88. The van der Waals surface area contributed by atoms with Gasteiger partial charge in [0.1, 0.15) is 5.82 Å². The Morgan fingerprint density at radius 2 is 2.32 bits per heavy atom. The minimum Gasteiger partial charge on any atom is -0.338 e. The summed E-state index contributed by atoms with van der Waals surface area (Å²) in [6.07, 6.45) is 1.93. The standard InChI is InChI=1S/C14H18ClFN2O/c1-9(17)10-3-2-6-18(8-10)14(19)12-5-4-11(15)7-13(12)16/h4-5,7,9-10H,2-3,6,8,17H2,1H3. The van der Waals surface area contributed by atoms with Crippen molar-refractivity contribution in [3.63, 3.8) is 0 Å². The molecule has 2 rings (SSSR count). The Morgan fingerprint density at radius 3 is 2.95 bits per heavy atom. The second-order valence-corrected chi connectivity index (χ2v) is 5.57. The molecular weight excluding hydrogens is 267 g/mol. The zero-order valence-corrected chi connectivity index (χ0v) is 11.7. The van der Waals surface area contributed by atoms with E-state index in [0.29, 0.717) is 18.1 Å². The SMILES string of the molecule is CC(N)C1CCCN(C(=O)c2ccc(Cl)cc2F)C1. The molecule has 1 fully saturated rings. The van der Waals surface area contributed by atoms with Gasteiger partial charge in [0.05, 0.1) is 5.56 Å². The second-order valence-electron chi connectivity index (χ2n) is 5.14. The number of piperidine rings is 1. The molecule has 1 aliphatic heterocycles. The Bertz CT molecular complexity index is 479. The molecule has 1 amide bonds. The topological polar surface area (TPSA) is 46.3 Å². The lowest BCUT2D eigenvalue weighted by Crippen LogP contribution is -2.45. The normalized spacial score (nSPS) is 21.3. The molecule has 0 bridgehead atoms. The molecule has 1 aliphatic rings. The van der Waals surface area contributed by atoms with Gasteiger partial charge in [-0.3, -0.25) is 4.79 Å². The summed E-state index contributed by atoms with van der Waals surface area (Å²) in [4.78, 5) is 14.0. The van der Waals surface area contributed by atoms with Gasteiger partial charge in [-0.05, 0) is 43.9 Å². The third-order valence-corrected chi connectivity index (χ3v) is 3.89. The Labute approximate surface area is 117 Å². The molecule has 2 atom stereocenters. The first-order chi connectivity index (χ1) is 8.99. The lowest BCUT2D eigenvalue weighted by Gasteiger charge is -2.34. The van der Waals surface area contributed by atoms with Crippen LogP contribution in [0.15, 0.2) is 18.2 Å². The van der Waals surface area contributed by atoms with Gasteiger partial charge in [-0.2, -0.15) is 0 Å². The van der Waals surface area contributed by atoms with Crippen molar-refractivity contribution in [2.45, 2.75) is 25.8 Å². The molecule has 0 radical (unpaired) electrons. The number of hydrogen-bond donors (Lipinski definition) is 1. The highest BCUT2D eigenvalue weighted by Gasteiger charge is 2.27. The van der Waals surface area contributed by atoms with Crippen molar-refractivity contribution in [2.75, 3.05) is 13.1 Å². The van der Waals surface area contributed by atoms with Crippen LogP contribution >= 0.6 is 11.6 Å². The molecule has 1 aromatic carbocycles.